The molecule has 1 aliphatic carbocycles. The molecule has 3 N–H and O–H groups in total. The Hall–Kier alpha value is -0.570. The van der Waals surface area contributed by atoms with Crippen LogP contribution in [0.4, 0.5) is 0 Å². The summed E-state index contributed by atoms with van der Waals surface area (Å²) in [4.78, 5) is 11.6. The van der Waals surface area contributed by atoms with Crippen molar-refractivity contribution >= 4 is 5.91 Å². The summed E-state index contributed by atoms with van der Waals surface area (Å²) in [7, 11) is 0. The van der Waals surface area contributed by atoms with Gasteiger partial charge < -0.3 is 11.1 Å². The lowest BCUT2D eigenvalue weighted by molar-refractivity contribution is -0.123. The Morgan fingerprint density at radius 2 is 2.07 bits per heavy atom. The highest BCUT2D eigenvalue weighted by molar-refractivity contribution is 5.82. The van der Waals surface area contributed by atoms with E-state index in [0.717, 1.165) is 18.8 Å². The van der Waals surface area contributed by atoms with Crippen molar-refractivity contribution < 1.29 is 4.79 Å². The molecule has 0 aromatic carbocycles. The normalized spacial score (nSPS) is 29.2. The lowest BCUT2D eigenvalue weighted by atomic mass is 10.0. The molecule has 1 amide bonds. The molecule has 14 heavy (non-hydrogen) atoms. The second-order valence-corrected chi connectivity index (χ2v) is 4.89. The van der Waals surface area contributed by atoms with Crippen LogP contribution in [-0.2, 0) is 4.79 Å². The van der Waals surface area contributed by atoms with E-state index in [-0.39, 0.29) is 17.9 Å². The summed E-state index contributed by atoms with van der Waals surface area (Å²) in [6.07, 6.45) is 3.44. The first-order chi connectivity index (χ1) is 6.50. The third-order valence-electron chi connectivity index (χ3n) is 3.06. The van der Waals surface area contributed by atoms with Crippen molar-refractivity contribution in [3.63, 3.8) is 0 Å². The average Bonchev–Trinajstić information content (AvgIpc) is 2.49. The van der Waals surface area contributed by atoms with E-state index in [9.17, 15) is 4.79 Å². The molecule has 0 heterocycles. The fraction of sp³-hybridized carbons (Fsp3) is 0.909. The van der Waals surface area contributed by atoms with Gasteiger partial charge in [0.1, 0.15) is 0 Å². The Morgan fingerprint density at radius 3 is 2.50 bits per heavy atom. The summed E-state index contributed by atoms with van der Waals surface area (Å²) < 4.78 is 0. The maximum atomic E-state index is 11.6. The summed E-state index contributed by atoms with van der Waals surface area (Å²) >= 11 is 0. The minimum Gasteiger partial charge on any atom is -0.352 e. The summed E-state index contributed by atoms with van der Waals surface area (Å²) in [5.41, 5.74) is 5.76. The molecule has 3 unspecified atom stereocenters. The highest BCUT2D eigenvalue weighted by Gasteiger charge is 2.25. The molecule has 82 valence electrons. The predicted octanol–water partition coefficient (Wildman–Crippen LogP) is 1.27. The molecule has 1 fully saturated rings. The monoisotopic (exact) mass is 198 g/mol. The van der Waals surface area contributed by atoms with Gasteiger partial charge in [0.05, 0.1) is 6.04 Å². The first-order valence-corrected chi connectivity index (χ1v) is 5.56. The number of carbonyl (C=O) groups is 1. The minimum atomic E-state index is -0.356. The molecular weight excluding hydrogens is 176 g/mol. The fourth-order valence-corrected chi connectivity index (χ4v) is 1.94. The topological polar surface area (TPSA) is 55.1 Å². The quantitative estimate of drug-likeness (QED) is 0.717. The van der Waals surface area contributed by atoms with Crippen molar-refractivity contribution in [3.05, 3.63) is 0 Å². The molecule has 1 rings (SSSR count). The van der Waals surface area contributed by atoms with Crippen LogP contribution < -0.4 is 11.1 Å². The van der Waals surface area contributed by atoms with E-state index in [1.165, 1.54) is 6.42 Å². The number of nitrogens with two attached hydrogens (primary N) is 1. The van der Waals surface area contributed by atoms with E-state index >= 15 is 0 Å². The molecule has 0 bridgehead atoms. The third kappa shape index (κ3) is 2.98. The van der Waals surface area contributed by atoms with Crippen molar-refractivity contribution in [1.29, 1.82) is 0 Å². The van der Waals surface area contributed by atoms with Crippen LogP contribution in [0.3, 0.4) is 0 Å². The Morgan fingerprint density at radius 1 is 1.43 bits per heavy atom. The van der Waals surface area contributed by atoms with Gasteiger partial charge in [-0.25, -0.2) is 0 Å². The molecule has 0 aromatic heterocycles. The van der Waals surface area contributed by atoms with E-state index in [0.29, 0.717) is 6.04 Å². The van der Waals surface area contributed by atoms with Crippen LogP contribution in [0, 0.1) is 11.8 Å². The number of carbonyl (C=O) groups excluding carboxylic acids is 1. The zero-order chi connectivity index (χ0) is 10.7. The smallest absolute Gasteiger partial charge is 0.237 e. The summed E-state index contributed by atoms with van der Waals surface area (Å²) in [5, 5.41) is 3.03. The second kappa shape index (κ2) is 4.78. The number of amides is 1. The zero-order valence-electron chi connectivity index (χ0n) is 9.42. The van der Waals surface area contributed by atoms with Gasteiger partial charge in [0.15, 0.2) is 0 Å². The number of hydrogen-bond donors (Lipinski definition) is 2. The Bertz CT molecular complexity index is 203. The molecule has 3 atom stereocenters. The van der Waals surface area contributed by atoms with Crippen LogP contribution in [0.15, 0.2) is 0 Å². The summed E-state index contributed by atoms with van der Waals surface area (Å²) in [6, 6.07) is 0.00760. The van der Waals surface area contributed by atoms with E-state index < -0.39 is 0 Å². The number of hydrogen-bond acceptors (Lipinski definition) is 2. The van der Waals surface area contributed by atoms with E-state index in [1.54, 1.807) is 0 Å². The van der Waals surface area contributed by atoms with Gasteiger partial charge in [0, 0.05) is 6.04 Å². The van der Waals surface area contributed by atoms with Gasteiger partial charge in [0.25, 0.3) is 0 Å². The van der Waals surface area contributed by atoms with Crippen LogP contribution >= 0.6 is 0 Å². The Labute approximate surface area is 86.4 Å². The summed E-state index contributed by atoms with van der Waals surface area (Å²) in [6.45, 7) is 6.18. The second-order valence-electron chi connectivity index (χ2n) is 4.89. The lowest BCUT2D eigenvalue weighted by Gasteiger charge is -2.19. The molecular formula is C11H22N2O. The average molecular weight is 198 g/mol. The Kier molecular flexibility index (Phi) is 3.93. The molecule has 0 saturated heterocycles. The maximum absolute atomic E-state index is 11.6. The van der Waals surface area contributed by atoms with Gasteiger partial charge in [-0.15, -0.1) is 0 Å². The molecule has 3 heteroatoms. The molecule has 0 radical (unpaired) electrons. The zero-order valence-corrected chi connectivity index (χ0v) is 9.42. The number of nitrogens with one attached hydrogen (secondary N) is 1. The first kappa shape index (κ1) is 11.5. The molecule has 1 saturated carbocycles. The van der Waals surface area contributed by atoms with Gasteiger partial charge >= 0.3 is 0 Å². The standard InChI is InChI=1S/C11H22N2O/c1-7(2)10(12)11(14)13-9-5-4-8(3)6-9/h7-10H,4-6,12H2,1-3H3,(H,13,14). The third-order valence-corrected chi connectivity index (χ3v) is 3.06. The van der Waals surface area contributed by atoms with Crippen molar-refractivity contribution in [2.45, 2.75) is 52.1 Å². The van der Waals surface area contributed by atoms with Crippen molar-refractivity contribution in [1.82, 2.24) is 5.32 Å². The fourth-order valence-electron chi connectivity index (χ4n) is 1.94. The molecule has 1 aliphatic rings. The molecule has 0 aliphatic heterocycles. The van der Waals surface area contributed by atoms with E-state index in [4.69, 9.17) is 5.73 Å². The minimum absolute atomic E-state index is 0.0131. The first-order valence-electron chi connectivity index (χ1n) is 5.56. The summed E-state index contributed by atoms with van der Waals surface area (Å²) in [5.74, 6) is 0.975. The van der Waals surface area contributed by atoms with Crippen LogP contribution in [-0.4, -0.2) is 18.0 Å². The van der Waals surface area contributed by atoms with Crippen LogP contribution in [0.25, 0.3) is 0 Å². The van der Waals surface area contributed by atoms with Gasteiger partial charge in [-0.05, 0) is 31.1 Å². The van der Waals surface area contributed by atoms with E-state index in [1.807, 2.05) is 13.8 Å². The molecule has 0 spiro atoms. The van der Waals surface area contributed by atoms with Gasteiger partial charge in [-0.2, -0.15) is 0 Å². The number of rotatable bonds is 3. The predicted molar refractivity (Wildman–Crippen MR) is 57.8 cm³/mol. The van der Waals surface area contributed by atoms with Crippen LogP contribution in [0.5, 0.6) is 0 Å². The van der Waals surface area contributed by atoms with Gasteiger partial charge in [-0.1, -0.05) is 20.8 Å². The van der Waals surface area contributed by atoms with Gasteiger partial charge in [0.2, 0.25) is 5.91 Å². The van der Waals surface area contributed by atoms with Crippen molar-refractivity contribution in [2.75, 3.05) is 0 Å². The largest absolute Gasteiger partial charge is 0.352 e. The lowest BCUT2D eigenvalue weighted by Crippen LogP contribution is -2.47. The van der Waals surface area contributed by atoms with E-state index in [2.05, 4.69) is 12.2 Å². The van der Waals surface area contributed by atoms with Crippen LogP contribution in [0.1, 0.15) is 40.0 Å². The highest BCUT2D eigenvalue weighted by atomic mass is 16.2. The SMILES string of the molecule is CC1CCC(NC(=O)C(N)C(C)C)C1. The van der Waals surface area contributed by atoms with Crippen LogP contribution in [0.2, 0.25) is 0 Å². The highest BCUT2D eigenvalue weighted by Crippen LogP contribution is 2.24. The maximum Gasteiger partial charge on any atom is 0.237 e. The van der Waals surface area contributed by atoms with Crippen molar-refractivity contribution in [3.8, 4) is 0 Å². The van der Waals surface area contributed by atoms with Crippen molar-refractivity contribution in [2.24, 2.45) is 17.6 Å². The Balaban J connectivity index is 2.33. The molecule has 0 aromatic rings. The van der Waals surface area contributed by atoms with Gasteiger partial charge in [-0.3, -0.25) is 4.79 Å². The molecule has 3 nitrogen and oxygen atoms in total.